The maximum absolute atomic E-state index is 9.14. The molecule has 1 rings (SSSR count). The van der Waals surface area contributed by atoms with Gasteiger partial charge in [0.15, 0.2) is 0 Å². The first-order valence-electron chi connectivity index (χ1n) is 3.14. The summed E-state index contributed by atoms with van der Waals surface area (Å²) in [6.07, 6.45) is 0.791. The van der Waals surface area contributed by atoms with Crippen molar-refractivity contribution in [1.29, 1.82) is 0 Å². The zero-order valence-corrected chi connectivity index (χ0v) is 5.67. The smallest absolute Gasteiger partial charge is 0.132 e. The largest absolute Gasteiger partial charge is 0.381 e. The van der Waals surface area contributed by atoms with Gasteiger partial charge in [-0.1, -0.05) is 6.08 Å². The molecule has 0 aromatic carbocycles. The first-order chi connectivity index (χ1) is 4.84. The van der Waals surface area contributed by atoms with Crippen LogP contribution in [0.5, 0.6) is 0 Å². The fourth-order valence-electron chi connectivity index (χ4n) is 0.716. The van der Waals surface area contributed by atoms with Crippen molar-refractivity contribution in [2.45, 2.75) is 6.10 Å². The van der Waals surface area contributed by atoms with Crippen LogP contribution >= 0.6 is 0 Å². The lowest BCUT2D eigenvalue weighted by molar-refractivity contribution is 0.282. The quantitative estimate of drug-likeness (QED) is 0.434. The molecular formula is C6H11N3O. The molecule has 1 aliphatic heterocycles. The second-order valence-corrected chi connectivity index (χ2v) is 1.99. The van der Waals surface area contributed by atoms with Crippen LogP contribution in [0.4, 0.5) is 0 Å². The van der Waals surface area contributed by atoms with Gasteiger partial charge in [-0.15, -0.1) is 6.58 Å². The molecule has 1 heterocycles. The third kappa shape index (κ3) is 1.55. The Labute approximate surface area is 59.7 Å². The lowest BCUT2D eigenvalue weighted by Gasteiger charge is -2.17. The maximum atomic E-state index is 9.14. The molecule has 1 aliphatic rings. The molecule has 0 spiro atoms. The number of nitrogens with zero attached hydrogens (tertiary/aromatic N) is 1. The summed E-state index contributed by atoms with van der Waals surface area (Å²) in [5.41, 5.74) is 0. The fourth-order valence-corrected chi connectivity index (χ4v) is 0.716. The SMILES string of the molecule is C=CC(O)C1=NCNCN1. The molecule has 4 heteroatoms. The highest BCUT2D eigenvalue weighted by molar-refractivity contribution is 5.88. The van der Waals surface area contributed by atoms with E-state index in [4.69, 9.17) is 5.11 Å². The Kier molecular flexibility index (Phi) is 2.42. The molecule has 0 bridgehead atoms. The molecule has 4 nitrogen and oxygen atoms in total. The highest BCUT2D eigenvalue weighted by atomic mass is 16.3. The molecule has 1 atom stereocenters. The first kappa shape index (κ1) is 7.24. The number of hydrogen-bond acceptors (Lipinski definition) is 4. The highest BCUT2D eigenvalue weighted by Gasteiger charge is 2.09. The van der Waals surface area contributed by atoms with E-state index in [0.717, 1.165) is 0 Å². The molecule has 3 N–H and O–H groups in total. The molecule has 10 heavy (non-hydrogen) atoms. The third-order valence-corrected chi connectivity index (χ3v) is 1.26. The number of hydrogen-bond donors (Lipinski definition) is 3. The van der Waals surface area contributed by atoms with Crippen LogP contribution in [0.25, 0.3) is 0 Å². The van der Waals surface area contributed by atoms with Crippen molar-refractivity contribution in [2.75, 3.05) is 13.3 Å². The first-order valence-corrected chi connectivity index (χ1v) is 3.14. The van der Waals surface area contributed by atoms with E-state index >= 15 is 0 Å². The van der Waals surface area contributed by atoms with E-state index in [1.54, 1.807) is 0 Å². The minimum Gasteiger partial charge on any atom is -0.381 e. The van der Waals surface area contributed by atoms with E-state index in [2.05, 4.69) is 22.2 Å². The van der Waals surface area contributed by atoms with Crippen molar-refractivity contribution >= 4 is 5.84 Å². The molecule has 0 fully saturated rings. The van der Waals surface area contributed by atoms with Gasteiger partial charge in [0, 0.05) is 0 Å². The second-order valence-electron chi connectivity index (χ2n) is 1.99. The molecular weight excluding hydrogens is 130 g/mol. The summed E-state index contributed by atoms with van der Waals surface area (Å²) in [6.45, 7) is 4.66. The molecule has 56 valence electrons. The summed E-state index contributed by atoms with van der Waals surface area (Å²) < 4.78 is 0. The molecule has 0 saturated heterocycles. The van der Waals surface area contributed by atoms with Gasteiger partial charge in [-0.2, -0.15) is 0 Å². The summed E-state index contributed by atoms with van der Waals surface area (Å²) in [6, 6.07) is 0. The van der Waals surface area contributed by atoms with Crippen molar-refractivity contribution in [3.63, 3.8) is 0 Å². The Balaban J connectivity index is 2.52. The number of aliphatic imine (C=N–C) groups is 1. The van der Waals surface area contributed by atoms with Gasteiger partial charge in [0.1, 0.15) is 11.9 Å². The Morgan fingerprint density at radius 1 is 1.80 bits per heavy atom. The third-order valence-electron chi connectivity index (χ3n) is 1.26. The van der Waals surface area contributed by atoms with Gasteiger partial charge in [0.05, 0.1) is 13.3 Å². The summed E-state index contributed by atoms with van der Waals surface area (Å²) in [7, 11) is 0. The van der Waals surface area contributed by atoms with E-state index in [1.165, 1.54) is 6.08 Å². The molecule has 0 aliphatic carbocycles. The number of nitrogens with one attached hydrogen (secondary N) is 2. The van der Waals surface area contributed by atoms with Crippen molar-refractivity contribution in [1.82, 2.24) is 10.6 Å². The van der Waals surface area contributed by atoms with Crippen LogP contribution in [0.15, 0.2) is 17.6 Å². The topological polar surface area (TPSA) is 56.7 Å². The Bertz CT molecular complexity index is 155. The van der Waals surface area contributed by atoms with Gasteiger partial charge < -0.3 is 10.4 Å². The average molecular weight is 141 g/mol. The molecule has 1 unspecified atom stereocenters. The maximum Gasteiger partial charge on any atom is 0.132 e. The van der Waals surface area contributed by atoms with Crippen LogP contribution < -0.4 is 10.6 Å². The molecule has 0 amide bonds. The summed E-state index contributed by atoms with van der Waals surface area (Å²) >= 11 is 0. The van der Waals surface area contributed by atoms with E-state index in [1.807, 2.05) is 0 Å². The zero-order valence-electron chi connectivity index (χ0n) is 5.67. The van der Waals surface area contributed by atoms with Gasteiger partial charge in [0.25, 0.3) is 0 Å². The predicted molar refractivity (Wildman–Crippen MR) is 39.6 cm³/mol. The number of rotatable bonds is 2. The Morgan fingerprint density at radius 2 is 2.60 bits per heavy atom. The normalized spacial score (nSPS) is 20.7. The Morgan fingerprint density at radius 3 is 3.10 bits per heavy atom. The van der Waals surface area contributed by atoms with Gasteiger partial charge in [-0.3, -0.25) is 10.3 Å². The average Bonchev–Trinajstić information content (AvgIpc) is 2.05. The van der Waals surface area contributed by atoms with Crippen molar-refractivity contribution in [2.24, 2.45) is 4.99 Å². The van der Waals surface area contributed by atoms with Gasteiger partial charge >= 0.3 is 0 Å². The second kappa shape index (κ2) is 3.34. The van der Waals surface area contributed by atoms with Crippen molar-refractivity contribution in [3.05, 3.63) is 12.7 Å². The van der Waals surface area contributed by atoms with E-state index < -0.39 is 6.10 Å². The van der Waals surface area contributed by atoms with E-state index in [9.17, 15) is 0 Å². The van der Waals surface area contributed by atoms with Crippen LogP contribution in [0, 0.1) is 0 Å². The lowest BCUT2D eigenvalue weighted by atomic mass is 10.3. The number of aliphatic hydroxyl groups excluding tert-OH is 1. The number of amidine groups is 1. The standard InChI is InChI=1S/C6H11N3O/c1-2-5(10)6-8-3-7-4-9-6/h2,5,7,10H,1,3-4H2,(H,8,9). The summed E-state index contributed by atoms with van der Waals surface area (Å²) in [4.78, 5) is 3.97. The van der Waals surface area contributed by atoms with Crippen LogP contribution in [0.1, 0.15) is 0 Å². The predicted octanol–water partition coefficient (Wildman–Crippen LogP) is -0.960. The summed E-state index contributed by atoms with van der Waals surface area (Å²) in [5.74, 6) is 0.591. The van der Waals surface area contributed by atoms with Crippen LogP contribution in [0.2, 0.25) is 0 Å². The van der Waals surface area contributed by atoms with Gasteiger partial charge in [-0.25, -0.2) is 0 Å². The van der Waals surface area contributed by atoms with E-state index in [0.29, 0.717) is 19.2 Å². The minimum atomic E-state index is -0.651. The highest BCUT2D eigenvalue weighted by Crippen LogP contribution is 1.89. The lowest BCUT2D eigenvalue weighted by Crippen LogP contribution is -2.44. The van der Waals surface area contributed by atoms with E-state index in [-0.39, 0.29) is 0 Å². The molecule has 0 saturated carbocycles. The molecule has 0 radical (unpaired) electrons. The zero-order chi connectivity index (χ0) is 7.40. The summed E-state index contributed by atoms with van der Waals surface area (Å²) in [5, 5.41) is 15.0. The Hall–Kier alpha value is -0.870. The minimum absolute atomic E-state index is 0.563. The van der Waals surface area contributed by atoms with Crippen molar-refractivity contribution in [3.8, 4) is 0 Å². The van der Waals surface area contributed by atoms with Gasteiger partial charge in [0.2, 0.25) is 0 Å². The number of aliphatic hydroxyl groups is 1. The fraction of sp³-hybridized carbons (Fsp3) is 0.500. The van der Waals surface area contributed by atoms with Crippen LogP contribution in [-0.4, -0.2) is 30.4 Å². The monoisotopic (exact) mass is 141 g/mol. The van der Waals surface area contributed by atoms with Crippen LogP contribution in [0.3, 0.4) is 0 Å². The molecule has 0 aromatic rings. The van der Waals surface area contributed by atoms with Crippen molar-refractivity contribution < 1.29 is 5.11 Å². The van der Waals surface area contributed by atoms with Gasteiger partial charge in [-0.05, 0) is 0 Å². The molecule has 0 aromatic heterocycles. The van der Waals surface area contributed by atoms with Crippen LogP contribution in [-0.2, 0) is 0 Å².